The van der Waals surface area contributed by atoms with E-state index in [0.717, 1.165) is 5.56 Å². The smallest absolute Gasteiger partial charge is 0.118 e. The molecule has 4 heteroatoms. The normalized spacial score (nSPS) is 14.9. The van der Waals surface area contributed by atoms with Gasteiger partial charge in [-0.1, -0.05) is 12.1 Å². The van der Waals surface area contributed by atoms with Gasteiger partial charge in [-0.25, -0.2) is 0 Å². The Kier molecular flexibility index (Phi) is 4.39. The standard InChI is InChI=1S/C11H15ClO3/c1-7-2-3-8(6-10(7)14)11(15)9(13)4-5-12/h2-3,6,9,11,13-15H,4-5H2,1H3. The summed E-state index contributed by atoms with van der Waals surface area (Å²) in [7, 11) is 0. The predicted molar refractivity (Wildman–Crippen MR) is 59.1 cm³/mol. The Morgan fingerprint density at radius 2 is 2.00 bits per heavy atom. The maximum absolute atomic E-state index is 9.72. The van der Waals surface area contributed by atoms with Crippen molar-refractivity contribution in [1.82, 2.24) is 0 Å². The molecule has 0 bridgehead atoms. The molecule has 3 N–H and O–H groups in total. The van der Waals surface area contributed by atoms with Gasteiger partial charge < -0.3 is 15.3 Å². The van der Waals surface area contributed by atoms with Crippen molar-refractivity contribution in [2.75, 3.05) is 5.88 Å². The lowest BCUT2D eigenvalue weighted by atomic mass is 10.0. The molecule has 0 saturated heterocycles. The molecule has 1 rings (SSSR count). The van der Waals surface area contributed by atoms with Crippen LogP contribution in [0.1, 0.15) is 23.7 Å². The van der Waals surface area contributed by atoms with Gasteiger partial charge in [-0.3, -0.25) is 0 Å². The van der Waals surface area contributed by atoms with Gasteiger partial charge in [0, 0.05) is 5.88 Å². The number of benzene rings is 1. The molecular formula is C11H15ClO3. The van der Waals surface area contributed by atoms with Crippen molar-refractivity contribution in [3.8, 4) is 5.75 Å². The average Bonchev–Trinajstić information content (AvgIpc) is 2.21. The summed E-state index contributed by atoms with van der Waals surface area (Å²) in [6, 6.07) is 4.83. The fourth-order valence-electron chi connectivity index (χ4n) is 1.30. The molecule has 0 spiro atoms. The zero-order valence-corrected chi connectivity index (χ0v) is 9.28. The van der Waals surface area contributed by atoms with Crippen LogP contribution >= 0.6 is 11.6 Å². The molecular weight excluding hydrogens is 216 g/mol. The van der Waals surface area contributed by atoms with Crippen molar-refractivity contribution in [1.29, 1.82) is 0 Å². The summed E-state index contributed by atoms with van der Waals surface area (Å²) in [5.41, 5.74) is 1.23. The molecule has 1 aromatic rings. The maximum atomic E-state index is 9.72. The molecule has 0 aliphatic carbocycles. The van der Waals surface area contributed by atoms with E-state index in [1.54, 1.807) is 19.1 Å². The molecule has 0 radical (unpaired) electrons. The number of phenolic OH excluding ortho intramolecular Hbond substituents is 1. The molecule has 2 atom stereocenters. The van der Waals surface area contributed by atoms with Crippen LogP contribution in [0.2, 0.25) is 0 Å². The molecule has 84 valence electrons. The van der Waals surface area contributed by atoms with E-state index in [1.165, 1.54) is 6.07 Å². The first-order chi connectivity index (χ1) is 7.06. The number of halogens is 1. The summed E-state index contributed by atoms with van der Waals surface area (Å²) < 4.78 is 0. The number of aromatic hydroxyl groups is 1. The number of aryl methyl sites for hydroxylation is 1. The van der Waals surface area contributed by atoms with Crippen LogP contribution < -0.4 is 0 Å². The summed E-state index contributed by atoms with van der Waals surface area (Å²) in [6.45, 7) is 1.76. The topological polar surface area (TPSA) is 60.7 Å². The highest BCUT2D eigenvalue weighted by atomic mass is 35.5. The van der Waals surface area contributed by atoms with Gasteiger partial charge in [0.05, 0.1) is 6.10 Å². The van der Waals surface area contributed by atoms with Gasteiger partial charge in [0.2, 0.25) is 0 Å². The van der Waals surface area contributed by atoms with Gasteiger partial charge in [0.15, 0.2) is 0 Å². The van der Waals surface area contributed by atoms with Crippen LogP contribution in [0, 0.1) is 6.92 Å². The van der Waals surface area contributed by atoms with E-state index < -0.39 is 12.2 Å². The molecule has 0 aliphatic rings. The maximum Gasteiger partial charge on any atom is 0.118 e. The Balaban J connectivity index is 2.81. The van der Waals surface area contributed by atoms with Crippen molar-refractivity contribution >= 4 is 11.6 Å². The molecule has 0 amide bonds. The summed E-state index contributed by atoms with van der Waals surface area (Å²) >= 11 is 5.46. The van der Waals surface area contributed by atoms with Crippen molar-refractivity contribution in [3.05, 3.63) is 29.3 Å². The van der Waals surface area contributed by atoms with E-state index in [9.17, 15) is 15.3 Å². The lowest BCUT2D eigenvalue weighted by molar-refractivity contribution is 0.0169. The molecule has 3 nitrogen and oxygen atoms in total. The van der Waals surface area contributed by atoms with E-state index >= 15 is 0 Å². The quantitative estimate of drug-likeness (QED) is 0.691. The van der Waals surface area contributed by atoms with Gasteiger partial charge in [-0.2, -0.15) is 0 Å². The minimum atomic E-state index is -1.00. The molecule has 0 aliphatic heterocycles. The molecule has 1 aromatic carbocycles. The number of hydrogen-bond donors (Lipinski definition) is 3. The van der Waals surface area contributed by atoms with Crippen molar-refractivity contribution in [2.24, 2.45) is 0 Å². The van der Waals surface area contributed by atoms with Gasteiger partial charge >= 0.3 is 0 Å². The molecule has 0 fully saturated rings. The van der Waals surface area contributed by atoms with Crippen LogP contribution in [0.5, 0.6) is 5.75 Å². The predicted octanol–water partition coefficient (Wildman–Crippen LogP) is 1.72. The Bertz CT molecular complexity index is 328. The summed E-state index contributed by atoms with van der Waals surface area (Å²) in [5, 5.41) is 28.7. The van der Waals surface area contributed by atoms with Gasteiger partial charge in [-0.15, -0.1) is 11.6 Å². The largest absolute Gasteiger partial charge is 0.508 e. The van der Waals surface area contributed by atoms with E-state index in [1.807, 2.05) is 0 Å². The third kappa shape index (κ3) is 3.09. The van der Waals surface area contributed by atoms with Crippen LogP contribution in [-0.4, -0.2) is 27.3 Å². The highest BCUT2D eigenvalue weighted by Crippen LogP contribution is 2.25. The second-order valence-electron chi connectivity index (χ2n) is 3.54. The Morgan fingerprint density at radius 1 is 1.33 bits per heavy atom. The van der Waals surface area contributed by atoms with Crippen LogP contribution in [0.3, 0.4) is 0 Å². The number of aliphatic hydroxyl groups excluding tert-OH is 2. The lowest BCUT2D eigenvalue weighted by Crippen LogP contribution is -2.18. The fraction of sp³-hybridized carbons (Fsp3) is 0.455. The third-order valence-electron chi connectivity index (χ3n) is 2.34. The second kappa shape index (κ2) is 5.35. The van der Waals surface area contributed by atoms with E-state index in [0.29, 0.717) is 12.0 Å². The van der Waals surface area contributed by atoms with Crippen LogP contribution in [0.4, 0.5) is 0 Å². The first-order valence-electron chi connectivity index (χ1n) is 4.78. The minimum absolute atomic E-state index is 0.115. The molecule has 15 heavy (non-hydrogen) atoms. The fourth-order valence-corrected chi connectivity index (χ4v) is 1.53. The zero-order valence-electron chi connectivity index (χ0n) is 8.52. The van der Waals surface area contributed by atoms with Crippen molar-refractivity contribution in [3.63, 3.8) is 0 Å². The van der Waals surface area contributed by atoms with E-state index in [2.05, 4.69) is 0 Å². The second-order valence-corrected chi connectivity index (χ2v) is 3.91. The van der Waals surface area contributed by atoms with Gasteiger partial charge in [-0.05, 0) is 30.5 Å². The highest BCUT2D eigenvalue weighted by molar-refractivity contribution is 6.17. The van der Waals surface area contributed by atoms with Crippen molar-refractivity contribution < 1.29 is 15.3 Å². The molecule has 0 aromatic heterocycles. The van der Waals surface area contributed by atoms with E-state index in [-0.39, 0.29) is 11.6 Å². The van der Waals surface area contributed by atoms with Crippen LogP contribution in [0.25, 0.3) is 0 Å². The Hall–Kier alpha value is -0.770. The van der Waals surface area contributed by atoms with E-state index in [4.69, 9.17) is 11.6 Å². The number of rotatable bonds is 4. The molecule has 0 heterocycles. The van der Waals surface area contributed by atoms with Crippen molar-refractivity contribution in [2.45, 2.75) is 25.6 Å². The zero-order chi connectivity index (χ0) is 11.4. The van der Waals surface area contributed by atoms with Gasteiger partial charge in [0.25, 0.3) is 0 Å². The first-order valence-corrected chi connectivity index (χ1v) is 5.31. The minimum Gasteiger partial charge on any atom is -0.508 e. The van der Waals surface area contributed by atoms with Crippen LogP contribution in [-0.2, 0) is 0 Å². The highest BCUT2D eigenvalue weighted by Gasteiger charge is 2.18. The third-order valence-corrected chi connectivity index (χ3v) is 2.56. The Morgan fingerprint density at radius 3 is 2.53 bits per heavy atom. The number of phenols is 1. The summed E-state index contributed by atoms with van der Waals surface area (Å²) in [4.78, 5) is 0. The summed E-state index contributed by atoms with van der Waals surface area (Å²) in [6.07, 6.45) is -1.59. The Labute approximate surface area is 93.9 Å². The number of aliphatic hydroxyl groups is 2. The first kappa shape index (κ1) is 12.3. The number of alkyl halides is 1. The average molecular weight is 231 g/mol. The van der Waals surface area contributed by atoms with Gasteiger partial charge in [0.1, 0.15) is 11.9 Å². The molecule has 0 saturated carbocycles. The molecule has 2 unspecified atom stereocenters. The number of hydrogen-bond acceptors (Lipinski definition) is 3. The lowest BCUT2D eigenvalue weighted by Gasteiger charge is -2.17. The van der Waals surface area contributed by atoms with Crippen LogP contribution in [0.15, 0.2) is 18.2 Å². The monoisotopic (exact) mass is 230 g/mol. The summed E-state index contributed by atoms with van der Waals surface area (Å²) in [5.74, 6) is 0.403. The SMILES string of the molecule is Cc1ccc(C(O)C(O)CCCl)cc1O.